The maximum absolute atomic E-state index is 13.1. The zero-order chi connectivity index (χ0) is 18.8. The number of nitrogens with zero attached hydrogens (tertiary/aromatic N) is 2. The highest BCUT2D eigenvalue weighted by atomic mass is 32.1. The van der Waals surface area contributed by atoms with Gasteiger partial charge >= 0.3 is 5.69 Å². The van der Waals surface area contributed by atoms with Crippen molar-refractivity contribution < 1.29 is 4.74 Å². The molecule has 27 heavy (non-hydrogen) atoms. The molecule has 6 heteroatoms. The Morgan fingerprint density at radius 1 is 1.04 bits per heavy atom. The van der Waals surface area contributed by atoms with Crippen LogP contribution in [0.4, 0.5) is 0 Å². The number of hydrogen-bond donors (Lipinski definition) is 0. The molecule has 0 amide bonds. The molecule has 1 aliphatic rings. The fourth-order valence-electron chi connectivity index (χ4n) is 3.88. The first kappa shape index (κ1) is 18.2. The molecule has 1 aromatic carbocycles. The lowest BCUT2D eigenvalue weighted by Gasteiger charge is -2.13. The summed E-state index contributed by atoms with van der Waals surface area (Å²) in [6, 6.07) is 10.2. The first-order chi connectivity index (χ1) is 13.2. The molecule has 0 saturated heterocycles. The third kappa shape index (κ3) is 3.39. The van der Waals surface area contributed by atoms with Gasteiger partial charge in [0.15, 0.2) is 0 Å². The maximum atomic E-state index is 13.1. The van der Waals surface area contributed by atoms with E-state index in [1.165, 1.54) is 20.6 Å². The molecule has 3 aromatic rings. The van der Waals surface area contributed by atoms with Crippen LogP contribution in [0.15, 0.2) is 39.9 Å². The van der Waals surface area contributed by atoms with Crippen molar-refractivity contribution in [3.05, 3.63) is 67.2 Å². The van der Waals surface area contributed by atoms with Crippen LogP contribution in [0, 0.1) is 0 Å². The van der Waals surface area contributed by atoms with Gasteiger partial charge in [-0.15, -0.1) is 11.3 Å². The van der Waals surface area contributed by atoms with Gasteiger partial charge in [0.25, 0.3) is 5.56 Å². The van der Waals surface area contributed by atoms with Crippen molar-refractivity contribution >= 4 is 21.6 Å². The maximum Gasteiger partial charge on any atom is 0.332 e. The molecule has 0 spiro atoms. The van der Waals surface area contributed by atoms with Crippen LogP contribution in [-0.2, 0) is 37.1 Å². The normalized spacial score (nSPS) is 13.8. The Hall–Kier alpha value is -2.18. The molecule has 0 aliphatic heterocycles. The highest BCUT2D eigenvalue weighted by molar-refractivity contribution is 7.18. The Bertz CT molecular complexity index is 1060. The Morgan fingerprint density at radius 2 is 1.81 bits per heavy atom. The molecule has 0 bridgehead atoms. The number of benzene rings is 1. The number of aryl methyl sites for hydroxylation is 4. The molecule has 0 N–H and O–H groups in total. The summed E-state index contributed by atoms with van der Waals surface area (Å²) in [5, 5.41) is 0.762. The Balaban J connectivity index is 1.86. The molecule has 0 saturated carbocycles. The first-order valence-electron chi connectivity index (χ1n) is 9.51. The van der Waals surface area contributed by atoms with Gasteiger partial charge in [-0.05, 0) is 43.2 Å². The average molecular weight is 385 g/mol. The van der Waals surface area contributed by atoms with E-state index in [2.05, 4.69) is 12.1 Å². The molecule has 0 fully saturated rings. The van der Waals surface area contributed by atoms with Gasteiger partial charge in [0.05, 0.1) is 18.5 Å². The summed E-state index contributed by atoms with van der Waals surface area (Å²) in [5.74, 6) is 0. The first-order valence-corrected chi connectivity index (χ1v) is 10.3. The van der Waals surface area contributed by atoms with E-state index in [4.69, 9.17) is 4.74 Å². The second kappa shape index (κ2) is 7.82. The zero-order valence-electron chi connectivity index (χ0n) is 15.6. The molecular weight excluding hydrogens is 360 g/mol. The zero-order valence-corrected chi connectivity index (χ0v) is 16.4. The minimum absolute atomic E-state index is 0.151. The second-order valence-electron chi connectivity index (χ2n) is 7.01. The fraction of sp³-hybridized carbons (Fsp3) is 0.429. The summed E-state index contributed by atoms with van der Waals surface area (Å²) in [5.41, 5.74) is 1.99. The highest BCUT2D eigenvalue weighted by Gasteiger charge is 2.23. The molecule has 5 nitrogen and oxygen atoms in total. The van der Waals surface area contributed by atoms with Gasteiger partial charge in [0, 0.05) is 18.5 Å². The topological polar surface area (TPSA) is 53.2 Å². The van der Waals surface area contributed by atoms with Crippen LogP contribution in [0.3, 0.4) is 0 Å². The van der Waals surface area contributed by atoms with Crippen molar-refractivity contribution in [3.63, 3.8) is 0 Å². The van der Waals surface area contributed by atoms with Gasteiger partial charge < -0.3 is 4.74 Å². The van der Waals surface area contributed by atoms with Gasteiger partial charge in [-0.1, -0.05) is 30.3 Å². The molecular formula is C21H24N2O3S. The summed E-state index contributed by atoms with van der Waals surface area (Å²) >= 11 is 1.64. The molecule has 2 aromatic heterocycles. The van der Waals surface area contributed by atoms with Crippen molar-refractivity contribution in [2.75, 3.05) is 13.7 Å². The summed E-state index contributed by atoms with van der Waals surface area (Å²) in [6.07, 6.45) is 4.98. The van der Waals surface area contributed by atoms with Gasteiger partial charge in [-0.25, -0.2) is 4.79 Å². The van der Waals surface area contributed by atoms with Crippen LogP contribution < -0.4 is 11.2 Å². The lowest BCUT2D eigenvalue weighted by Crippen LogP contribution is -2.41. The van der Waals surface area contributed by atoms with Crippen LogP contribution in [-0.4, -0.2) is 22.9 Å². The number of fused-ring (bicyclic) bond motifs is 3. The predicted molar refractivity (Wildman–Crippen MR) is 109 cm³/mol. The summed E-state index contributed by atoms with van der Waals surface area (Å²) in [7, 11) is 1.59. The van der Waals surface area contributed by atoms with E-state index in [0.29, 0.717) is 19.7 Å². The largest absolute Gasteiger partial charge is 0.383 e. The van der Waals surface area contributed by atoms with Crippen LogP contribution in [0.1, 0.15) is 28.8 Å². The fourth-order valence-corrected chi connectivity index (χ4v) is 5.28. The molecule has 2 heterocycles. The van der Waals surface area contributed by atoms with Crippen molar-refractivity contribution in [2.45, 2.75) is 45.2 Å². The Morgan fingerprint density at radius 3 is 2.59 bits per heavy atom. The van der Waals surface area contributed by atoms with Crippen molar-refractivity contribution in [3.8, 4) is 0 Å². The van der Waals surface area contributed by atoms with E-state index < -0.39 is 0 Å². The van der Waals surface area contributed by atoms with Crippen LogP contribution in [0.2, 0.25) is 0 Å². The summed E-state index contributed by atoms with van der Waals surface area (Å²) in [4.78, 5) is 28.4. The number of methoxy groups -OCH3 is 1. The lowest BCUT2D eigenvalue weighted by molar-refractivity contribution is 0.184. The minimum Gasteiger partial charge on any atom is -0.383 e. The van der Waals surface area contributed by atoms with E-state index >= 15 is 0 Å². The van der Waals surface area contributed by atoms with Crippen LogP contribution in [0.25, 0.3) is 10.2 Å². The van der Waals surface area contributed by atoms with Gasteiger partial charge in [-0.3, -0.25) is 13.9 Å². The lowest BCUT2D eigenvalue weighted by atomic mass is 9.97. The molecule has 1 aliphatic carbocycles. The molecule has 0 radical (unpaired) electrons. The van der Waals surface area contributed by atoms with Crippen molar-refractivity contribution in [1.29, 1.82) is 0 Å². The SMILES string of the molecule is COCCn1c(=O)c2c3c(sc2n(CCc2ccccc2)c1=O)CCCC3. The van der Waals surface area contributed by atoms with E-state index in [-0.39, 0.29) is 11.2 Å². The molecule has 142 valence electrons. The number of rotatable bonds is 6. The Labute approximate surface area is 161 Å². The summed E-state index contributed by atoms with van der Waals surface area (Å²) < 4.78 is 8.29. The summed E-state index contributed by atoms with van der Waals surface area (Å²) in [6.45, 7) is 1.22. The van der Waals surface area contributed by atoms with Crippen molar-refractivity contribution in [2.24, 2.45) is 0 Å². The monoisotopic (exact) mass is 384 g/mol. The molecule has 4 rings (SSSR count). The predicted octanol–water partition coefficient (Wildman–Crippen LogP) is 2.99. The van der Waals surface area contributed by atoms with Gasteiger partial charge in [0.2, 0.25) is 0 Å². The molecule has 0 unspecified atom stereocenters. The van der Waals surface area contributed by atoms with E-state index in [1.807, 2.05) is 22.8 Å². The highest BCUT2D eigenvalue weighted by Crippen LogP contribution is 2.34. The van der Waals surface area contributed by atoms with E-state index in [0.717, 1.165) is 42.3 Å². The number of hydrogen-bond acceptors (Lipinski definition) is 4. The average Bonchev–Trinajstić information content (AvgIpc) is 3.08. The second-order valence-corrected chi connectivity index (χ2v) is 8.09. The Kier molecular flexibility index (Phi) is 5.27. The van der Waals surface area contributed by atoms with Crippen LogP contribution in [0.5, 0.6) is 0 Å². The number of ether oxygens (including phenoxy) is 1. The smallest absolute Gasteiger partial charge is 0.332 e. The third-order valence-electron chi connectivity index (χ3n) is 5.30. The van der Waals surface area contributed by atoms with Crippen LogP contribution >= 0.6 is 11.3 Å². The van der Waals surface area contributed by atoms with Gasteiger partial charge in [0.1, 0.15) is 4.83 Å². The number of aromatic nitrogens is 2. The third-order valence-corrected chi connectivity index (χ3v) is 6.62. The quantitative estimate of drug-likeness (QED) is 0.657. The minimum atomic E-state index is -0.223. The standard InChI is InChI=1S/C21H24N2O3S/c1-26-14-13-22-19(24)18-16-9-5-6-10-17(16)27-20(18)23(21(22)25)12-11-15-7-3-2-4-8-15/h2-4,7-8H,5-6,9-14H2,1H3. The van der Waals surface area contributed by atoms with Crippen molar-refractivity contribution in [1.82, 2.24) is 9.13 Å². The molecule has 0 atom stereocenters. The number of thiophene rings is 1. The van der Waals surface area contributed by atoms with E-state index in [1.54, 1.807) is 18.4 Å². The van der Waals surface area contributed by atoms with E-state index in [9.17, 15) is 9.59 Å². The van der Waals surface area contributed by atoms with Gasteiger partial charge in [-0.2, -0.15) is 0 Å².